The summed E-state index contributed by atoms with van der Waals surface area (Å²) in [4.78, 5) is 39.6. The first kappa shape index (κ1) is 16.4. The van der Waals surface area contributed by atoms with Crippen LogP contribution in [-0.2, 0) is 4.74 Å². The van der Waals surface area contributed by atoms with Crippen LogP contribution in [0.15, 0.2) is 24.3 Å². The number of benzene rings is 1. The van der Waals surface area contributed by atoms with E-state index in [1.807, 2.05) is 13.8 Å². The minimum absolute atomic E-state index is 0.00395. The zero-order chi connectivity index (χ0) is 17.3. The Morgan fingerprint density at radius 1 is 1.12 bits per heavy atom. The van der Waals surface area contributed by atoms with Crippen molar-refractivity contribution < 1.29 is 19.1 Å². The fourth-order valence-electron chi connectivity index (χ4n) is 3.17. The molecule has 0 saturated carbocycles. The smallest absolute Gasteiger partial charge is 0.317 e. The van der Waals surface area contributed by atoms with Crippen LogP contribution >= 0.6 is 0 Å². The minimum Gasteiger partial charge on any atom is -0.372 e. The van der Waals surface area contributed by atoms with Crippen molar-refractivity contribution in [3.05, 3.63) is 35.4 Å². The second-order valence-electron chi connectivity index (χ2n) is 6.20. The molecule has 0 aromatic heterocycles. The Morgan fingerprint density at radius 3 is 2.21 bits per heavy atom. The number of imide groups is 1. The van der Waals surface area contributed by atoms with Crippen molar-refractivity contribution in [2.24, 2.45) is 0 Å². The first-order valence-electron chi connectivity index (χ1n) is 8.11. The van der Waals surface area contributed by atoms with E-state index in [4.69, 9.17) is 4.74 Å². The fraction of sp³-hybridized carbons (Fsp3) is 0.471. The van der Waals surface area contributed by atoms with Crippen molar-refractivity contribution in [3.8, 4) is 0 Å². The molecule has 4 amide bonds. The van der Waals surface area contributed by atoms with Gasteiger partial charge < -0.3 is 15.0 Å². The van der Waals surface area contributed by atoms with Crippen LogP contribution in [0.25, 0.3) is 0 Å². The van der Waals surface area contributed by atoms with Crippen molar-refractivity contribution in [2.45, 2.75) is 26.1 Å². The highest BCUT2D eigenvalue weighted by atomic mass is 16.5. The summed E-state index contributed by atoms with van der Waals surface area (Å²) in [5.74, 6) is -0.614. The third-order valence-electron chi connectivity index (χ3n) is 4.20. The highest BCUT2D eigenvalue weighted by Crippen LogP contribution is 2.21. The third-order valence-corrected chi connectivity index (χ3v) is 4.20. The topological polar surface area (TPSA) is 79.0 Å². The number of nitrogens with one attached hydrogen (secondary N) is 1. The number of ether oxygens (including phenoxy) is 1. The van der Waals surface area contributed by atoms with Gasteiger partial charge >= 0.3 is 6.03 Å². The van der Waals surface area contributed by atoms with Gasteiger partial charge in [0.25, 0.3) is 11.8 Å². The predicted molar refractivity (Wildman–Crippen MR) is 86.8 cm³/mol. The molecule has 24 heavy (non-hydrogen) atoms. The molecule has 0 spiro atoms. The highest BCUT2D eigenvalue weighted by molar-refractivity contribution is 6.21. The Bertz CT molecular complexity index is 631. The van der Waals surface area contributed by atoms with E-state index in [0.717, 1.165) is 0 Å². The molecule has 7 heteroatoms. The average molecular weight is 331 g/mol. The maximum Gasteiger partial charge on any atom is 0.317 e. The second-order valence-corrected chi connectivity index (χ2v) is 6.20. The van der Waals surface area contributed by atoms with E-state index in [0.29, 0.717) is 24.2 Å². The van der Waals surface area contributed by atoms with Gasteiger partial charge in [0.15, 0.2) is 0 Å². The van der Waals surface area contributed by atoms with Crippen molar-refractivity contribution in [2.75, 3.05) is 26.2 Å². The molecule has 1 aromatic carbocycles. The monoisotopic (exact) mass is 331 g/mol. The van der Waals surface area contributed by atoms with E-state index in [9.17, 15) is 14.4 Å². The van der Waals surface area contributed by atoms with Crippen LogP contribution in [0.3, 0.4) is 0 Å². The third kappa shape index (κ3) is 3.12. The molecule has 7 nitrogen and oxygen atoms in total. The molecule has 0 radical (unpaired) electrons. The molecule has 1 N–H and O–H groups in total. The summed E-state index contributed by atoms with van der Waals surface area (Å²) in [6.07, 6.45) is -0.00789. The number of carbonyl (C=O) groups excluding carboxylic acids is 3. The SMILES string of the molecule is CC1CN(C(=O)NCCN2C(=O)c3ccccc3C2=O)CC(C)O1. The fourth-order valence-corrected chi connectivity index (χ4v) is 3.17. The maximum absolute atomic E-state index is 12.2. The Balaban J connectivity index is 1.53. The summed E-state index contributed by atoms with van der Waals surface area (Å²) < 4.78 is 5.60. The van der Waals surface area contributed by atoms with Gasteiger partial charge in [0.05, 0.1) is 23.3 Å². The summed E-state index contributed by atoms with van der Waals surface area (Å²) >= 11 is 0. The van der Waals surface area contributed by atoms with Gasteiger partial charge in [-0.05, 0) is 26.0 Å². The Kier molecular flexibility index (Phi) is 4.53. The largest absolute Gasteiger partial charge is 0.372 e. The number of hydrogen-bond acceptors (Lipinski definition) is 4. The van der Waals surface area contributed by atoms with Crippen LogP contribution in [-0.4, -0.2) is 66.0 Å². The number of fused-ring (bicyclic) bond motifs is 1. The molecule has 1 aromatic rings. The molecular formula is C17H21N3O4. The number of amides is 4. The first-order chi connectivity index (χ1) is 11.5. The zero-order valence-corrected chi connectivity index (χ0v) is 13.8. The molecule has 2 heterocycles. The van der Waals surface area contributed by atoms with E-state index in [1.165, 1.54) is 4.90 Å². The number of rotatable bonds is 3. The normalized spacial score (nSPS) is 23.4. The standard InChI is InChI=1S/C17H21N3O4/c1-11-9-19(10-12(2)24-11)17(23)18-7-8-20-15(21)13-5-3-4-6-14(13)16(20)22/h3-6,11-12H,7-10H2,1-2H3,(H,18,23). The second kappa shape index (κ2) is 6.60. The van der Waals surface area contributed by atoms with Gasteiger partial charge in [-0.1, -0.05) is 12.1 Å². The molecule has 3 rings (SSSR count). The summed E-state index contributed by atoms with van der Waals surface area (Å²) in [6.45, 7) is 5.30. The van der Waals surface area contributed by atoms with Crippen molar-refractivity contribution in [1.29, 1.82) is 0 Å². The van der Waals surface area contributed by atoms with E-state index < -0.39 is 0 Å². The van der Waals surface area contributed by atoms with Gasteiger partial charge in [0.1, 0.15) is 0 Å². The average Bonchev–Trinajstić information content (AvgIpc) is 2.79. The van der Waals surface area contributed by atoms with E-state index in [1.54, 1.807) is 29.2 Å². The van der Waals surface area contributed by atoms with Gasteiger partial charge in [0, 0.05) is 26.2 Å². The molecule has 2 aliphatic rings. The molecule has 0 aliphatic carbocycles. The molecule has 0 bridgehead atoms. The lowest BCUT2D eigenvalue weighted by atomic mass is 10.1. The molecular weight excluding hydrogens is 310 g/mol. The van der Waals surface area contributed by atoms with Gasteiger partial charge in [-0.3, -0.25) is 14.5 Å². The van der Waals surface area contributed by atoms with Crippen LogP contribution in [0.2, 0.25) is 0 Å². The van der Waals surface area contributed by atoms with Crippen LogP contribution < -0.4 is 5.32 Å². The molecule has 1 fully saturated rings. The number of carbonyl (C=O) groups is 3. The molecule has 1 saturated heterocycles. The summed E-state index contributed by atoms with van der Waals surface area (Å²) in [7, 11) is 0. The van der Waals surface area contributed by atoms with E-state index in [2.05, 4.69) is 5.32 Å². The quantitative estimate of drug-likeness (QED) is 0.841. The zero-order valence-electron chi connectivity index (χ0n) is 13.8. The van der Waals surface area contributed by atoms with Crippen LogP contribution in [0.4, 0.5) is 4.79 Å². The Morgan fingerprint density at radius 2 is 1.67 bits per heavy atom. The molecule has 2 unspecified atom stereocenters. The van der Waals surface area contributed by atoms with Gasteiger partial charge in [-0.15, -0.1) is 0 Å². The molecule has 2 aliphatic heterocycles. The van der Waals surface area contributed by atoms with Crippen molar-refractivity contribution in [3.63, 3.8) is 0 Å². The minimum atomic E-state index is -0.307. The number of morpholine rings is 1. The first-order valence-corrected chi connectivity index (χ1v) is 8.11. The number of nitrogens with zero attached hydrogens (tertiary/aromatic N) is 2. The summed E-state index contributed by atoms with van der Waals surface area (Å²) in [6, 6.07) is 6.55. The summed E-state index contributed by atoms with van der Waals surface area (Å²) in [5.41, 5.74) is 0.842. The van der Waals surface area contributed by atoms with Crippen molar-refractivity contribution >= 4 is 17.8 Å². The highest BCUT2D eigenvalue weighted by Gasteiger charge is 2.34. The maximum atomic E-state index is 12.2. The number of hydrogen-bond donors (Lipinski definition) is 1. The van der Waals surface area contributed by atoms with E-state index in [-0.39, 0.29) is 43.1 Å². The van der Waals surface area contributed by atoms with Gasteiger partial charge in [0.2, 0.25) is 0 Å². The van der Waals surface area contributed by atoms with Crippen molar-refractivity contribution in [1.82, 2.24) is 15.1 Å². The van der Waals surface area contributed by atoms with Gasteiger partial charge in [-0.25, -0.2) is 4.79 Å². The Labute approximate surface area is 140 Å². The lowest BCUT2D eigenvalue weighted by Crippen LogP contribution is -2.52. The Hall–Kier alpha value is -2.41. The number of urea groups is 1. The van der Waals surface area contributed by atoms with Crippen LogP contribution in [0.5, 0.6) is 0 Å². The van der Waals surface area contributed by atoms with E-state index >= 15 is 0 Å². The molecule has 2 atom stereocenters. The lowest BCUT2D eigenvalue weighted by molar-refractivity contribution is -0.0545. The van der Waals surface area contributed by atoms with Crippen LogP contribution in [0, 0.1) is 0 Å². The molecule has 128 valence electrons. The van der Waals surface area contributed by atoms with Gasteiger partial charge in [-0.2, -0.15) is 0 Å². The van der Waals surface area contributed by atoms with Crippen LogP contribution in [0.1, 0.15) is 34.6 Å². The predicted octanol–water partition coefficient (Wildman–Crippen LogP) is 1.10. The lowest BCUT2D eigenvalue weighted by Gasteiger charge is -2.35. The summed E-state index contributed by atoms with van der Waals surface area (Å²) in [5, 5.41) is 2.77.